The van der Waals surface area contributed by atoms with Crippen LogP contribution in [0.5, 0.6) is 0 Å². The summed E-state index contributed by atoms with van der Waals surface area (Å²) in [6.07, 6.45) is -1.54. The molecule has 0 aliphatic carbocycles. The van der Waals surface area contributed by atoms with Gasteiger partial charge in [0.05, 0.1) is 12.6 Å². The predicted molar refractivity (Wildman–Crippen MR) is 97.9 cm³/mol. The van der Waals surface area contributed by atoms with Crippen LogP contribution < -0.4 is 21.7 Å². The van der Waals surface area contributed by atoms with Crippen molar-refractivity contribution >= 4 is 35.6 Å². The highest BCUT2D eigenvalue weighted by Crippen LogP contribution is 2.02. The summed E-state index contributed by atoms with van der Waals surface area (Å²) < 4.78 is 0. The molecule has 0 rings (SSSR count). The maximum atomic E-state index is 12.3. The van der Waals surface area contributed by atoms with E-state index in [1.807, 2.05) is 0 Å². The number of amides is 3. The van der Waals surface area contributed by atoms with Gasteiger partial charge in [-0.05, 0) is 19.8 Å². The molecule has 0 aromatic rings. The highest BCUT2D eigenvalue weighted by Gasteiger charge is 2.29. The van der Waals surface area contributed by atoms with E-state index in [0.29, 0.717) is 0 Å². The smallest absolute Gasteiger partial charge is 0.325 e. The normalized spacial score (nSPS) is 14.5. The van der Waals surface area contributed by atoms with Gasteiger partial charge < -0.3 is 42.1 Å². The summed E-state index contributed by atoms with van der Waals surface area (Å²) in [5.41, 5.74) is 5.51. The quantitative estimate of drug-likeness (QED) is 0.134. The molecule has 14 nitrogen and oxygen atoms in total. The molecule has 14 heteroatoms. The van der Waals surface area contributed by atoms with Crippen molar-refractivity contribution in [3.63, 3.8) is 0 Å². The third-order valence-electron chi connectivity index (χ3n) is 3.83. The lowest BCUT2D eigenvalue weighted by Crippen LogP contribution is -2.57. The van der Waals surface area contributed by atoms with Gasteiger partial charge in [-0.1, -0.05) is 0 Å². The molecule has 30 heavy (non-hydrogen) atoms. The van der Waals surface area contributed by atoms with Crippen molar-refractivity contribution in [2.75, 3.05) is 6.61 Å². The van der Waals surface area contributed by atoms with Gasteiger partial charge in [0.2, 0.25) is 17.7 Å². The Bertz CT molecular complexity index is 668. The van der Waals surface area contributed by atoms with Crippen molar-refractivity contribution in [2.24, 2.45) is 5.73 Å². The van der Waals surface area contributed by atoms with E-state index in [9.17, 15) is 33.9 Å². The van der Waals surface area contributed by atoms with Crippen LogP contribution >= 0.6 is 0 Å². The van der Waals surface area contributed by atoms with E-state index in [-0.39, 0.29) is 12.8 Å². The summed E-state index contributed by atoms with van der Waals surface area (Å²) in [7, 11) is 0. The molecule has 0 aliphatic heterocycles. The molecule has 0 aromatic heterocycles. The zero-order valence-corrected chi connectivity index (χ0v) is 16.2. The van der Waals surface area contributed by atoms with Gasteiger partial charge in [-0.15, -0.1) is 0 Å². The molecule has 4 unspecified atom stereocenters. The van der Waals surface area contributed by atoms with Crippen molar-refractivity contribution in [1.29, 1.82) is 0 Å². The minimum Gasteiger partial charge on any atom is -0.481 e. The Morgan fingerprint density at radius 3 is 1.70 bits per heavy atom. The number of nitrogens with two attached hydrogens (primary N) is 1. The number of aliphatic carboxylic acids is 3. The topological polar surface area (TPSA) is 245 Å². The summed E-state index contributed by atoms with van der Waals surface area (Å²) in [4.78, 5) is 68.6. The number of aliphatic hydroxyl groups excluding tert-OH is 1. The van der Waals surface area contributed by atoms with Crippen molar-refractivity contribution in [3.8, 4) is 0 Å². The minimum atomic E-state index is -1.56. The first-order chi connectivity index (χ1) is 13.9. The van der Waals surface area contributed by atoms with Crippen LogP contribution in [0.4, 0.5) is 0 Å². The van der Waals surface area contributed by atoms with E-state index >= 15 is 0 Å². The lowest BCUT2D eigenvalue weighted by molar-refractivity contribution is -0.142. The van der Waals surface area contributed by atoms with E-state index < -0.39 is 79.2 Å². The number of hydrogen-bond acceptors (Lipinski definition) is 8. The molecule has 170 valence electrons. The van der Waals surface area contributed by atoms with E-state index in [0.717, 1.165) is 6.92 Å². The van der Waals surface area contributed by atoms with Gasteiger partial charge in [-0.2, -0.15) is 0 Å². The summed E-state index contributed by atoms with van der Waals surface area (Å²) in [6, 6.07) is -5.61. The van der Waals surface area contributed by atoms with Crippen LogP contribution in [0.25, 0.3) is 0 Å². The molecule has 0 saturated carbocycles. The van der Waals surface area contributed by atoms with Gasteiger partial charge in [-0.25, -0.2) is 0 Å². The Hall–Kier alpha value is -3.26. The molecule has 0 saturated heterocycles. The minimum absolute atomic E-state index is 0.225. The second-order valence-corrected chi connectivity index (χ2v) is 6.34. The van der Waals surface area contributed by atoms with Gasteiger partial charge in [-0.3, -0.25) is 28.8 Å². The average molecular weight is 434 g/mol. The average Bonchev–Trinajstić information content (AvgIpc) is 2.66. The zero-order valence-electron chi connectivity index (χ0n) is 16.2. The Morgan fingerprint density at radius 1 is 0.767 bits per heavy atom. The van der Waals surface area contributed by atoms with Crippen LogP contribution in [0.2, 0.25) is 0 Å². The number of nitrogens with one attached hydrogen (secondary N) is 3. The molecule has 0 fully saturated rings. The zero-order chi connectivity index (χ0) is 23.4. The molecule has 9 N–H and O–H groups in total. The van der Waals surface area contributed by atoms with E-state index in [4.69, 9.17) is 21.1 Å². The number of aliphatic hydroxyl groups is 1. The largest absolute Gasteiger partial charge is 0.481 e. The lowest BCUT2D eigenvalue weighted by atomic mass is 10.1. The van der Waals surface area contributed by atoms with Gasteiger partial charge in [0.25, 0.3) is 0 Å². The first kappa shape index (κ1) is 26.7. The first-order valence-electron chi connectivity index (χ1n) is 8.83. The van der Waals surface area contributed by atoms with Gasteiger partial charge in [0.15, 0.2) is 0 Å². The second-order valence-electron chi connectivity index (χ2n) is 6.34. The SMILES string of the molecule is CC(NC(=O)C(CCC(=O)O)NC(=O)C(CO)NC(=O)C(N)CCC(=O)O)C(=O)O. The number of carbonyl (C=O) groups excluding carboxylic acids is 3. The Morgan fingerprint density at radius 2 is 1.23 bits per heavy atom. The lowest BCUT2D eigenvalue weighted by Gasteiger charge is -2.23. The Kier molecular flexibility index (Phi) is 11.6. The molecule has 0 spiro atoms. The van der Waals surface area contributed by atoms with Crippen LogP contribution in [0.1, 0.15) is 32.6 Å². The summed E-state index contributed by atoms with van der Waals surface area (Å²) >= 11 is 0. The van der Waals surface area contributed by atoms with E-state index in [2.05, 4.69) is 16.0 Å². The van der Waals surface area contributed by atoms with Gasteiger partial charge in [0.1, 0.15) is 18.1 Å². The fourth-order valence-electron chi connectivity index (χ4n) is 2.07. The van der Waals surface area contributed by atoms with Crippen molar-refractivity contribution in [1.82, 2.24) is 16.0 Å². The number of carbonyl (C=O) groups is 6. The number of carboxylic acid groups (broad SMARTS) is 3. The van der Waals surface area contributed by atoms with Gasteiger partial charge in [0, 0.05) is 12.8 Å². The molecular weight excluding hydrogens is 408 g/mol. The van der Waals surface area contributed by atoms with Crippen LogP contribution in [0.3, 0.4) is 0 Å². The molecular formula is C16H26N4O10. The highest BCUT2D eigenvalue weighted by molar-refractivity contribution is 5.94. The third-order valence-corrected chi connectivity index (χ3v) is 3.83. The summed E-state index contributed by atoms with van der Waals surface area (Å²) in [5.74, 6) is -6.76. The van der Waals surface area contributed by atoms with Crippen molar-refractivity contribution < 1.29 is 49.2 Å². The standard InChI is InChI=1S/C16H26N4O10/c1-7(16(29)30)18-14(27)9(3-5-12(24)25)19-15(28)10(6-21)20-13(26)8(17)2-4-11(22)23/h7-10,21H,2-6,17H2,1H3,(H,18,27)(H,19,28)(H,20,26)(H,22,23)(H,24,25)(H,29,30). The van der Waals surface area contributed by atoms with Crippen LogP contribution in [-0.2, 0) is 28.8 Å². The van der Waals surface area contributed by atoms with Crippen LogP contribution in [0, 0.1) is 0 Å². The highest BCUT2D eigenvalue weighted by atomic mass is 16.4. The number of carboxylic acids is 3. The number of rotatable bonds is 14. The maximum Gasteiger partial charge on any atom is 0.325 e. The van der Waals surface area contributed by atoms with Crippen LogP contribution in [-0.4, -0.2) is 86.8 Å². The second kappa shape index (κ2) is 13.1. The summed E-state index contributed by atoms with van der Waals surface area (Å²) in [6.45, 7) is 0.258. The number of hydrogen-bond donors (Lipinski definition) is 8. The summed E-state index contributed by atoms with van der Waals surface area (Å²) in [5, 5.41) is 41.9. The Labute approximate surface area is 170 Å². The van der Waals surface area contributed by atoms with E-state index in [1.165, 1.54) is 0 Å². The van der Waals surface area contributed by atoms with Crippen LogP contribution in [0.15, 0.2) is 0 Å². The molecule has 0 heterocycles. The maximum absolute atomic E-state index is 12.3. The first-order valence-corrected chi connectivity index (χ1v) is 8.83. The van der Waals surface area contributed by atoms with Crippen molar-refractivity contribution in [3.05, 3.63) is 0 Å². The molecule has 0 bridgehead atoms. The third kappa shape index (κ3) is 10.3. The predicted octanol–water partition coefficient (Wildman–Crippen LogP) is -3.41. The van der Waals surface area contributed by atoms with E-state index in [1.54, 1.807) is 0 Å². The monoisotopic (exact) mass is 434 g/mol. The van der Waals surface area contributed by atoms with Crippen molar-refractivity contribution in [2.45, 2.75) is 56.8 Å². The van der Waals surface area contributed by atoms with Gasteiger partial charge >= 0.3 is 17.9 Å². The molecule has 0 aromatic carbocycles. The fraction of sp³-hybridized carbons (Fsp3) is 0.625. The molecule has 0 aliphatic rings. The molecule has 4 atom stereocenters. The molecule has 3 amide bonds. The Balaban J connectivity index is 5.11. The molecule has 0 radical (unpaired) electrons. The fourth-order valence-corrected chi connectivity index (χ4v) is 2.07.